The van der Waals surface area contributed by atoms with E-state index in [2.05, 4.69) is 47.6 Å². The van der Waals surface area contributed by atoms with Crippen LogP contribution in [0.2, 0.25) is 0 Å². The van der Waals surface area contributed by atoms with E-state index in [4.69, 9.17) is 0 Å². The molecule has 178 valence electrons. The average molecular weight is 439 g/mol. The fraction of sp³-hybridized carbons (Fsp3) is 0.800. The minimum atomic E-state index is -0.196. The lowest BCUT2D eigenvalue weighted by atomic mass is 9.41. The quantitative estimate of drug-likeness (QED) is 0.332. The van der Waals surface area contributed by atoms with Crippen molar-refractivity contribution in [3.8, 4) is 0 Å². The van der Waals surface area contributed by atoms with Gasteiger partial charge in [0, 0.05) is 18.3 Å². The second kappa shape index (κ2) is 7.67. The van der Waals surface area contributed by atoms with E-state index in [1.54, 1.807) is 5.57 Å². The van der Waals surface area contributed by atoms with Gasteiger partial charge in [-0.05, 0) is 98.4 Å². The van der Waals surface area contributed by atoms with Crippen molar-refractivity contribution < 1.29 is 9.59 Å². The topological polar surface area (TPSA) is 34.1 Å². The standard InChI is InChI=1S/C30H46O2/c1-19(2)17-21(31)18-20(3)22-11-15-30(8)24-9-10-25-27(4,5)26(32)13-14-28(25,6)23(24)12-16-29(22,30)7/h12,17,20,22,24-25H,9-11,13-16,18H2,1-8H3/t20-,22-,24-,25+,28-,29-,30+/m1/s1. The van der Waals surface area contributed by atoms with Crippen LogP contribution in [0, 0.1) is 45.3 Å². The molecule has 4 rings (SSSR count). The van der Waals surface area contributed by atoms with Crippen molar-refractivity contribution in [1.29, 1.82) is 0 Å². The predicted octanol–water partition coefficient (Wildman–Crippen LogP) is 7.72. The average Bonchev–Trinajstić information content (AvgIpc) is 2.96. The van der Waals surface area contributed by atoms with Gasteiger partial charge in [-0.3, -0.25) is 9.59 Å². The zero-order valence-electron chi connectivity index (χ0n) is 21.9. The van der Waals surface area contributed by atoms with Crippen LogP contribution < -0.4 is 0 Å². The van der Waals surface area contributed by atoms with E-state index in [1.165, 1.54) is 25.7 Å². The molecule has 2 nitrogen and oxygen atoms in total. The monoisotopic (exact) mass is 438 g/mol. The minimum absolute atomic E-state index is 0.174. The van der Waals surface area contributed by atoms with E-state index in [1.807, 2.05) is 19.9 Å². The molecule has 0 heterocycles. The number of ketones is 2. The van der Waals surface area contributed by atoms with Gasteiger partial charge in [0.2, 0.25) is 0 Å². The van der Waals surface area contributed by atoms with Crippen LogP contribution in [0.3, 0.4) is 0 Å². The molecule has 32 heavy (non-hydrogen) atoms. The summed E-state index contributed by atoms with van der Waals surface area (Å²) in [7, 11) is 0. The van der Waals surface area contributed by atoms with Gasteiger partial charge in [-0.15, -0.1) is 0 Å². The molecule has 0 unspecified atom stereocenters. The number of fused-ring (bicyclic) bond motifs is 5. The molecule has 4 aliphatic carbocycles. The molecule has 0 N–H and O–H groups in total. The summed E-state index contributed by atoms with van der Waals surface area (Å²) in [4.78, 5) is 25.4. The van der Waals surface area contributed by atoms with Crippen molar-refractivity contribution in [2.75, 3.05) is 0 Å². The van der Waals surface area contributed by atoms with Gasteiger partial charge in [-0.2, -0.15) is 0 Å². The number of allylic oxidation sites excluding steroid dienone is 4. The van der Waals surface area contributed by atoms with Gasteiger partial charge in [0.1, 0.15) is 5.78 Å². The Morgan fingerprint density at radius 1 is 1.06 bits per heavy atom. The van der Waals surface area contributed by atoms with Gasteiger partial charge >= 0.3 is 0 Å². The Hall–Kier alpha value is -1.18. The van der Waals surface area contributed by atoms with Gasteiger partial charge < -0.3 is 0 Å². The van der Waals surface area contributed by atoms with E-state index in [0.717, 1.165) is 24.8 Å². The van der Waals surface area contributed by atoms with E-state index in [9.17, 15) is 9.59 Å². The maximum atomic E-state index is 12.8. The Balaban J connectivity index is 1.65. The molecule has 4 aliphatic rings. The van der Waals surface area contributed by atoms with E-state index >= 15 is 0 Å². The highest BCUT2D eigenvalue weighted by Gasteiger charge is 2.65. The summed E-state index contributed by atoms with van der Waals surface area (Å²) < 4.78 is 0. The highest BCUT2D eigenvalue weighted by Crippen LogP contribution is 2.72. The number of carbonyl (C=O) groups is 2. The predicted molar refractivity (Wildman–Crippen MR) is 132 cm³/mol. The number of carbonyl (C=O) groups excluding carboxylic acids is 2. The second-order valence-electron chi connectivity index (χ2n) is 13.5. The van der Waals surface area contributed by atoms with Crippen LogP contribution in [0.5, 0.6) is 0 Å². The summed E-state index contributed by atoms with van der Waals surface area (Å²) in [5.74, 6) is 2.92. The third-order valence-electron chi connectivity index (χ3n) is 11.3. The minimum Gasteiger partial charge on any atom is -0.299 e. The van der Waals surface area contributed by atoms with Crippen LogP contribution in [0.4, 0.5) is 0 Å². The molecule has 2 heteroatoms. The van der Waals surface area contributed by atoms with Crippen LogP contribution >= 0.6 is 0 Å². The number of hydrogen-bond donors (Lipinski definition) is 0. The Morgan fingerprint density at radius 2 is 1.75 bits per heavy atom. The molecule has 0 aromatic rings. The molecule has 0 amide bonds. The molecule has 3 saturated carbocycles. The molecule has 0 aromatic heterocycles. The summed E-state index contributed by atoms with van der Waals surface area (Å²) in [5.41, 5.74) is 3.34. The zero-order valence-corrected chi connectivity index (χ0v) is 21.9. The van der Waals surface area contributed by atoms with Crippen molar-refractivity contribution >= 4 is 11.6 Å². The summed E-state index contributed by atoms with van der Waals surface area (Å²) in [5, 5.41) is 0. The number of Topliss-reactive ketones (excluding diaryl/α,β-unsaturated/α-hetero) is 1. The Kier molecular flexibility index (Phi) is 5.74. The highest BCUT2D eigenvalue weighted by atomic mass is 16.1. The fourth-order valence-electron chi connectivity index (χ4n) is 9.32. The normalized spacial score (nSPS) is 43.4. The van der Waals surface area contributed by atoms with Crippen LogP contribution in [0.15, 0.2) is 23.3 Å². The van der Waals surface area contributed by atoms with Crippen LogP contribution in [0.1, 0.15) is 107 Å². The maximum absolute atomic E-state index is 12.8. The Labute approximate surface area is 196 Å². The first-order chi connectivity index (χ1) is 14.8. The lowest BCUT2D eigenvalue weighted by Crippen LogP contribution is -2.56. The first kappa shape index (κ1) is 24.0. The van der Waals surface area contributed by atoms with Crippen molar-refractivity contribution in [3.63, 3.8) is 0 Å². The van der Waals surface area contributed by atoms with Crippen molar-refractivity contribution in [1.82, 2.24) is 0 Å². The lowest BCUT2D eigenvalue weighted by Gasteiger charge is -2.63. The fourth-order valence-corrected chi connectivity index (χ4v) is 9.32. The second-order valence-corrected chi connectivity index (χ2v) is 13.5. The SMILES string of the molecule is CC(C)=CC(=O)C[C@@H](C)[C@H]1CC[C@@]2(C)[C@@H]3CC[C@H]4C(C)(C)C(=O)CC[C@]4(C)C3=CC[C@]12C. The van der Waals surface area contributed by atoms with Crippen LogP contribution in [-0.2, 0) is 9.59 Å². The Bertz CT molecular complexity index is 871. The molecule has 3 fully saturated rings. The number of hydrogen-bond acceptors (Lipinski definition) is 2. The van der Waals surface area contributed by atoms with Crippen molar-refractivity contribution in [2.45, 2.75) is 107 Å². The van der Waals surface area contributed by atoms with Gasteiger partial charge in [0.25, 0.3) is 0 Å². The van der Waals surface area contributed by atoms with Gasteiger partial charge in [-0.25, -0.2) is 0 Å². The summed E-state index contributed by atoms with van der Waals surface area (Å²) in [6.07, 6.45) is 13.0. The molecule has 0 aliphatic heterocycles. The highest BCUT2D eigenvalue weighted by molar-refractivity contribution is 5.90. The van der Waals surface area contributed by atoms with Crippen molar-refractivity contribution in [3.05, 3.63) is 23.3 Å². The number of rotatable bonds is 4. The molecule has 7 atom stereocenters. The smallest absolute Gasteiger partial charge is 0.155 e. The summed E-state index contributed by atoms with van der Waals surface area (Å²) >= 11 is 0. The summed E-state index contributed by atoms with van der Waals surface area (Å²) in [6.45, 7) is 18.4. The molecular formula is C30H46O2. The van der Waals surface area contributed by atoms with Gasteiger partial charge in [0.15, 0.2) is 5.78 Å². The molecule has 0 saturated heterocycles. The van der Waals surface area contributed by atoms with Crippen molar-refractivity contribution in [2.24, 2.45) is 45.3 Å². The molecule has 0 bridgehead atoms. The van der Waals surface area contributed by atoms with E-state index < -0.39 is 0 Å². The zero-order chi connectivity index (χ0) is 23.7. The largest absolute Gasteiger partial charge is 0.299 e. The van der Waals surface area contributed by atoms with Crippen LogP contribution in [-0.4, -0.2) is 11.6 Å². The first-order valence-corrected chi connectivity index (χ1v) is 13.2. The first-order valence-electron chi connectivity index (χ1n) is 13.2. The molecule has 0 spiro atoms. The van der Waals surface area contributed by atoms with E-state index in [0.29, 0.717) is 47.1 Å². The van der Waals surface area contributed by atoms with Gasteiger partial charge in [-0.1, -0.05) is 58.8 Å². The van der Waals surface area contributed by atoms with Gasteiger partial charge in [0.05, 0.1) is 0 Å². The van der Waals surface area contributed by atoms with E-state index in [-0.39, 0.29) is 16.2 Å². The third-order valence-corrected chi connectivity index (χ3v) is 11.3. The summed E-state index contributed by atoms with van der Waals surface area (Å²) in [6, 6.07) is 0. The lowest BCUT2D eigenvalue weighted by molar-refractivity contribution is -0.142. The molecule has 0 radical (unpaired) electrons. The maximum Gasteiger partial charge on any atom is 0.155 e. The Morgan fingerprint density at radius 3 is 2.41 bits per heavy atom. The molecular weight excluding hydrogens is 392 g/mol. The third kappa shape index (κ3) is 3.25. The molecule has 0 aromatic carbocycles. The van der Waals surface area contributed by atoms with Crippen LogP contribution in [0.25, 0.3) is 0 Å².